The molecular formula is C24H22ClN3O4. The minimum atomic E-state index is -0.412. The average molecular weight is 452 g/mol. The number of furan rings is 1. The largest absolute Gasteiger partial charge is 0.467 e. The summed E-state index contributed by atoms with van der Waals surface area (Å²) in [5.41, 5.74) is 0.649. The van der Waals surface area contributed by atoms with Gasteiger partial charge in [0.15, 0.2) is 0 Å². The first-order valence-electron chi connectivity index (χ1n) is 10.3. The van der Waals surface area contributed by atoms with E-state index in [1.807, 2.05) is 12.1 Å². The van der Waals surface area contributed by atoms with Gasteiger partial charge in [0.1, 0.15) is 5.76 Å². The molecule has 7 nitrogen and oxygen atoms in total. The van der Waals surface area contributed by atoms with E-state index < -0.39 is 5.69 Å². The molecule has 8 heteroatoms. The first kappa shape index (κ1) is 21.6. The quantitative estimate of drug-likeness (QED) is 0.444. The van der Waals surface area contributed by atoms with Crippen LogP contribution in [0.4, 0.5) is 0 Å². The summed E-state index contributed by atoms with van der Waals surface area (Å²) in [6.45, 7) is 0.726. The fraction of sp³-hybridized carbons (Fsp3) is 0.208. The molecule has 2 heterocycles. The van der Waals surface area contributed by atoms with Crippen molar-refractivity contribution in [2.24, 2.45) is 0 Å². The van der Waals surface area contributed by atoms with Crippen LogP contribution >= 0.6 is 11.6 Å². The van der Waals surface area contributed by atoms with Crippen LogP contribution in [0.2, 0.25) is 5.02 Å². The number of benzene rings is 2. The Hall–Kier alpha value is -3.58. The van der Waals surface area contributed by atoms with E-state index in [0.29, 0.717) is 34.7 Å². The van der Waals surface area contributed by atoms with Crippen LogP contribution in [-0.2, 0) is 24.4 Å². The molecule has 0 aliphatic heterocycles. The molecule has 0 radical (unpaired) electrons. The summed E-state index contributed by atoms with van der Waals surface area (Å²) in [6.07, 6.45) is 2.09. The number of nitrogens with zero attached hydrogens (tertiary/aromatic N) is 2. The number of halogens is 1. The third kappa shape index (κ3) is 4.84. The zero-order valence-electron chi connectivity index (χ0n) is 17.3. The molecule has 2 aromatic heterocycles. The number of carbonyl (C=O) groups is 1. The van der Waals surface area contributed by atoms with Gasteiger partial charge in [0.05, 0.1) is 30.3 Å². The number of amides is 1. The van der Waals surface area contributed by atoms with Gasteiger partial charge in [-0.05, 0) is 48.4 Å². The summed E-state index contributed by atoms with van der Waals surface area (Å²) in [5.74, 6) is 0.488. The van der Waals surface area contributed by atoms with Gasteiger partial charge in [0, 0.05) is 18.0 Å². The van der Waals surface area contributed by atoms with Crippen molar-refractivity contribution < 1.29 is 9.21 Å². The first-order valence-corrected chi connectivity index (χ1v) is 10.7. The topological polar surface area (TPSA) is 86.2 Å². The maximum Gasteiger partial charge on any atom is 0.331 e. The lowest BCUT2D eigenvalue weighted by atomic mass is 10.2. The summed E-state index contributed by atoms with van der Waals surface area (Å²) >= 11 is 6.10. The fourth-order valence-corrected chi connectivity index (χ4v) is 3.84. The Morgan fingerprint density at radius 2 is 1.84 bits per heavy atom. The first-order chi connectivity index (χ1) is 15.5. The zero-order valence-corrected chi connectivity index (χ0v) is 18.0. The van der Waals surface area contributed by atoms with Crippen LogP contribution in [0.5, 0.6) is 0 Å². The van der Waals surface area contributed by atoms with Crippen LogP contribution in [0.15, 0.2) is 80.9 Å². The molecule has 1 amide bonds. The van der Waals surface area contributed by atoms with Crippen molar-refractivity contribution in [3.8, 4) is 0 Å². The van der Waals surface area contributed by atoms with Gasteiger partial charge in [-0.2, -0.15) is 0 Å². The monoisotopic (exact) mass is 451 g/mol. The molecule has 4 aromatic rings. The molecule has 32 heavy (non-hydrogen) atoms. The minimum absolute atomic E-state index is 0.145. The van der Waals surface area contributed by atoms with Crippen molar-refractivity contribution in [2.75, 3.05) is 0 Å². The number of fused-ring (bicyclic) bond motifs is 1. The molecule has 0 unspecified atom stereocenters. The van der Waals surface area contributed by atoms with Gasteiger partial charge >= 0.3 is 5.69 Å². The van der Waals surface area contributed by atoms with E-state index in [2.05, 4.69) is 5.32 Å². The van der Waals surface area contributed by atoms with Gasteiger partial charge in [0.2, 0.25) is 5.91 Å². The predicted octanol–water partition coefficient (Wildman–Crippen LogP) is 3.55. The average Bonchev–Trinajstić information content (AvgIpc) is 3.31. The maximum atomic E-state index is 13.2. The number of para-hydroxylation sites is 1. The van der Waals surface area contributed by atoms with Crippen molar-refractivity contribution in [3.05, 3.63) is 104 Å². The van der Waals surface area contributed by atoms with Gasteiger partial charge in [0.25, 0.3) is 5.56 Å². The number of aromatic nitrogens is 2. The molecule has 0 aliphatic rings. The second-order valence-corrected chi connectivity index (χ2v) is 7.87. The summed E-state index contributed by atoms with van der Waals surface area (Å²) in [6, 6.07) is 17.8. The van der Waals surface area contributed by atoms with Crippen molar-refractivity contribution in [1.29, 1.82) is 0 Å². The number of rotatable bonds is 8. The van der Waals surface area contributed by atoms with Crippen molar-refractivity contribution in [3.63, 3.8) is 0 Å². The van der Waals surface area contributed by atoms with Crippen LogP contribution in [0.3, 0.4) is 0 Å². The molecular weight excluding hydrogens is 430 g/mol. The highest BCUT2D eigenvalue weighted by Gasteiger charge is 2.14. The minimum Gasteiger partial charge on any atom is -0.467 e. The predicted molar refractivity (Wildman–Crippen MR) is 123 cm³/mol. The van der Waals surface area contributed by atoms with E-state index in [4.69, 9.17) is 16.0 Å². The van der Waals surface area contributed by atoms with Gasteiger partial charge in [-0.1, -0.05) is 35.9 Å². The molecule has 4 rings (SSSR count). The van der Waals surface area contributed by atoms with Crippen LogP contribution in [0, 0.1) is 0 Å². The second kappa shape index (κ2) is 9.70. The molecule has 164 valence electrons. The standard InChI is InChI=1S/C24H22ClN3O4/c25-18-7-3-6-17(14-18)16-28-21-10-2-1-9-20(21)23(30)27(24(28)31)12-4-11-22(29)26-15-19-8-5-13-32-19/h1-3,5-10,13-14H,4,11-12,15-16H2,(H,26,29). The summed E-state index contributed by atoms with van der Waals surface area (Å²) < 4.78 is 7.96. The summed E-state index contributed by atoms with van der Waals surface area (Å²) in [4.78, 5) is 38.3. The Labute approximate surface area is 188 Å². The van der Waals surface area contributed by atoms with Crippen LogP contribution < -0.4 is 16.6 Å². The third-order valence-corrected chi connectivity index (χ3v) is 5.42. The molecule has 1 N–H and O–H groups in total. The Bertz CT molecular complexity index is 1360. The van der Waals surface area contributed by atoms with Crippen molar-refractivity contribution in [2.45, 2.75) is 32.5 Å². The van der Waals surface area contributed by atoms with Gasteiger partial charge in [-0.3, -0.25) is 18.7 Å². The van der Waals surface area contributed by atoms with E-state index in [1.165, 1.54) is 4.57 Å². The van der Waals surface area contributed by atoms with Crippen LogP contribution in [0.25, 0.3) is 10.9 Å². The number of nitrogens with one attached hydrogen (secondary N) is 1. The highest BCUT2D eigenvalue weighted by atomic mass is 35.5. The smallest absolute Gasteiger partial charge is 0.331 e. The lowest BCUT2D eigenvalue weighted by Crippen LogP contribution is -2.40. The van der Waals surface area contributed by atoms with Crippen LogP contribution in [-0.4, -0.2) is 15.0 Å². The normalized spacial score (nSPS) is 11.0. The number of hydrogen-bond acceptors (Lipinski definition) is 4. The second-order valence-electron chi connectivity index (χ2n) is 7.43. The van der Waals surface area contributed by atoms with Crippen LogP contribution in [0.1, 0.15) is 24.2 Å². The van der Waals surface area contributed by atoms with Crippen molar-refractivity contribution in [1.82, 2.24) is 14.5 Å². The van der Waals surface area contributed by atoms with Crippen molar-refractivity contribution >= 4 is 28.4 Å². The van der Waals surface area contributed by atoms with Gasteiger partial charge in [-0.25, -0.2) is 4.79 Å². The molecule has 0 spiro atoms. The molecule has 0 bridgehead atoms. The van der Waals surface area contributed by atoms with Gasteiger partial charge < -0.3 is 9.73 Å². The molecule has 2 aromatic carbocycles. The lowest BCUT2D eigenvalue weighted by Gasteiger charge is -2.14. The zero-order chi connectivity index (χ0) is 22.5. The Morgan fingerprint density at radius 1 is 1.00 bits per heavy atom. The van der Waals surface area contributed by atoms with E-state index in [0.717, 1.165) is 5.56 Å². The van der Waals surface area contributed by atoms with E-state index >= 15 is 0 Å². The number of hydrogen-bond donors (Lipinski definition) is 1. The molecule has 0 atom stereocenters. The number of carbonyl (C=O) groups excluding carboxylic acids is 1. The van der Waals surface area contributed by atoms with E-state index in [-0.39, 0.29) is 31.0 Å². The molecule has 0 saturated heterocycles. The highest BCUT2D eigenvalue weighted by molar-refractivity contribution is 6.30. The Balaban J connectivity index is 1.55. The van der Waals surface area contributed by atoms with E-state index in [9.17, 15) is 14.4 Å². The highest BCUT2D eigenvalue weighted by Crippen LogP contribution is 2.14. The molecule has 0 saturated carbocycles. The summed E-state index contributed by atoms with van der Waals surface area (Å²) in [7, 11) is 0. The SMILES string of the molecule is O=C(CCCn1c(=O)c2ccccc2n(Cc2cccc(Cl)c2)c1=O)NCc1ccco1. The Morgan fingerprint density at radius 3 is 2.62 bits per heavy atom. The fourth-order valence-electron chi connectivity index (χ4n) is 3.62. The maximum absolute atomic E-state index is 13.2. The third-order valence-electron chi connectivity index (χ3n) is 5.19. The van der Waals surface area contributed by atoms with E-state index in [1.54, 1.807) is 59.4 Å². The summed E-state index contributed by atoms with van der Waals surface area (Å²) in [5, 5.41) is 3.80. The van der Waals surface area contributed by atoms with Gasteiger partial charge in [-0.15, -0.1) is 0 Å². The molecule has 0 fully saturated rings. The Kier molecular flexibility index (Phi) is 6.56. The molecule has 0 aliphatic carbocycles. The lowest BCUT2D eigenvalue weighted by molar-refractivity contribution is -0.121.